The van der Waals surface area contributed by atoms with Gasteiger partial charge in [-0.2, -0.15) is 0 Å². The molecule has 0 aromatic heterocycles. The van der Waals surface area contributed by atoms with Gasteiger partial charge in [-0.1, -0.05) is 23.8 Å². The predicted octanol–water partition coefficient (Wildman–Crippen LogP) is 5.13. The molecule has 0 aliphatic carbocycles. The van der Waals surface area contributed by atoms with Crippen LogP contribution in [0.2, 0.25) is 0 Å². The molecule has 30 heavy (non-hydrogen) atoms. The fourth-order valence-electron chi connectivity index (χ4n) is 2.83. The summed E-state index contributed by atoms with van der Waals surface area (Å²) in [5, 5.41) is 13.6. The Bertz CT molecular complexity index is 1050. The van der Waals surface area contributed by atoms with Gasteiger partial charge in [0.1, 0.15) is 18.1 Å². The Hall–Kier alpha value is -3.87. The van der Waals surface area contributed by atoms with Gasteiger partial charge in [0.15, 0.2) is 0 Å². The van der Waals surface area contributed by atoms with Crippen LogP contribution in [-0.2, 0) is 6.61 Å². The van der Waals surface area contributed by atoms with Gasteiger partial charge in [-0.05, 0) is 50.2 Å². The average molecular weight is 406 g/mol. The predicted molar refractivity (Wildman–Crippen MR) is 114 cm³/mol. The summed E-state index contributed by atoms with van der Waals surface area (Å²) < 4.78 is 11.5. The van der Waals surface area contributed by atoms with E-state index in [-0.39, 0.29) is 18.2 Å². The van der Waals surface area contributed by atoms with E-state index in [1.165, 1.54) is 18.2 Å². The molecule has 0 bridgehead atoms. The van der Waals surface area contributed by atoms with Crippen molar-refractivity contribution in [2.24, 2.45) is 0 Å². The Morgan fingerprint density at radius 1 is 1.03 bits per heavy atom. The summed E-state index contributed by atoms with van der Waals surface area (Å²) in [4.78, 5) is 23.1. The molecular weight excluding hydrogens is 384 g/mol. The van der Waals surface area contributed by atoms with Gasteiger partial charge in [0.2, 0.25) is 0 Å². The van der Waals surface area contributed by atoms with Crippen LogP contribution in [0.3, 0.4) is 0 Å². The number of non-ortho nitro benzene ring substituents is 1. The zero-order valence-electron chi connectivity index (χ0n) is 16.8. The number of hydrogen-bond acceptors (Lipinski definition) is 5. The van der Waals surface area contributed by atoms with Crippen LogP contribution in [0.15, 0.2) is 66.7 Å². The molecule has 3 rings (SSSR count). The van der Waals surface area contributed by atoms with Gasteiger partial charge < -0.3 is 14.8 Å². The minimum Gasteiger partial charge on any atom is -0.493 e. The third-order valence-corrected chi connectivity index (χ3v) is 4.35. The maximum absolute atomic E-state index is 12.7. The van der Waals surface area contributed by atoms with Crippen molar-refractivity contribution in [1.29, 1.82) is 0 Å². The van der Waals surface area contributed by atoms with Crippen molar-refractivity contribution in [3.63, 3.8) is 0 Å². The highest BCUT2D eigenvalue weighted by Crippen LogP contribution is 2.24. The number of ether oxygens (including phenoxy) is 2. The summed E-state index contributed by atoms with van der Waals surface area (Å²) in [6.45, 7) is 4.60. The smallest absolute Gasteiger partial charge is 0.271 e. The largest absolute Gasteiger partial charge is 0.493 e. The topological polar surface area (TPSA) is 90.7 Å². The van der Waals surface area contributed by atoms with E-state index in [0.29, 0.717) is 23.6 Å². The standard InChI is InChI=1S/C23H22N2O5/c1-3-29-22-12-9-17(13-18(22)15-30-21-10-7-16(2)8-11-21)23(26)24-19-5-4-6-20(14-19)25(27)28/h4-14H,3,15H2,1-2H3,(H,24,26). The maximum atomic E-state index is 12.7. The monoisotopic (exact) mass is 406 g/mol. The van der Waals surface area contributed by atoms with Gasteiger partial charge in [-0.3, -0.25) is 14.9 Å². The number of carbonyl (C=O) groups excluding carboxylic acids is 1. The summed E-state index contributed by atoms with van der Waals surface area (Å²) >= 11 is 0. The molecule has 0 radical (unpaired) electrons. The molecule has 3 aromatic rings. The molecule has 1 N–H and O–H groups in total. The van der Waals surface area contributed by atoms with E-state index in [0.717, 1.165) is 16.9 Å². The number of rotatable bonds is 8. The number of anilines is 1. The molecule has 0 atom stereocenters. The molecule has 0 unspecified atom stereocenters. The molecule has 0 heterocycles. The Kier molecular flexibility index (Phi) is 6.64. The lowest BCUT2D eigenvalue weighted by Crippen LogP contribution is -2.13. The highest BCUT2D eigenvalue weighted by molar-refractivity contribution is 6.04. The summed E-state index contributed by atoms with van der Waals surface area (Å²) in [5.74, 6) is 0.973. The molecule has 0 spiro atoms. The lowest BCUT2D eigenvalue weighted by Gasteiger charge is -2.13. The summed E-state index contributed by atoms with van der Waals surface area (Å²) in [6, 6.07) is 18.6. The number of nitrogens with zero attached hydrogens (tertiary/aromatic N) is 1. The van der Waals surface area contributed by atoms with Crippen molar-refractivity contribution in [2.45, 2.75) is 20.5 Å². The molecule has 0 aliphatic rings. The number of nitrogens with one attached hydrogen (secondary N) is 1. The fourth-order valence-corrected chi connectivity index (χ4v) is 2.83. The van der Waals surface area contributed by atoms with Crippen molar-refractivity contribution in [1.82, 2.24) is 0 Å². The van der Waals surface area contributed by atoms with E-state index in [1.54, 1.807) is 24.3 Å². The second kappa shape index (κ2) is 9.56. The third-order valence-electron chi connectivity index (χ3n) is 4.35. The number of benzene rings is 3. The third kappa shape index (κ3) is 5.35. The van der Waals surface area contributed by atoms with Crippen LogP contribution in [0.5, 0.6) is 11.5 Å². The fraction of sp³-hybridized carbons (Fsp3) is 0.174. The van der Waals surface area contributed by atoms with Crippen LogP contribution >= 0.6 is 0 Å². The summed E-state index contributed by atoms with van der Waals surface area (Å²) in [7, 11) is 0. The quantitative estimate of drug-likeness (QED) is 0.413. The minimum atomic E-state index is -0.507. The normalized spacial score (nSPS) is 10.3. The Morgan fingerprint density at radius 3 is 2.50 bits per heavy atom. The van der Waals surface area contributed by atoms with Gasteiger partial charge >= 0.3 is 0 Å². The van der Waals surface area contributed by atoms with Crippen molar-refractivity contribution >= 4 is 17.3 Å². The molecule has 1 amide bonds. The molecule has 0 fully saturated rings. The second-order valence-corrected chi connectivity index (χ2v) is 6.62. The SMILES string of the molecule is CCOc1ccc(C(=O)Nc2cccc([N+](=O)[O-])c2)cc1COc1ccc(C)cc1. The zero-order chi connectivity index (χ0) is 21.5. The van der Waals surface area contributed by atoms with Gasteiger partial charge in [-0.15, -0.1) is 0 Å². The average Bonchev–Trinajstić information content (AvgIpc) is 2.74. The number of aryl methyl sites for hydroxylation is 1. The van der Waals surface area contributed by atoms with E-state index >= 15 is 0 Å². The van der Waals surface area contributed by atoms with Gasteiger partial charge in [0.05, 0.1) is 11.5 Å². The van der Waals surface area contributed by atoms with E-state index in [9.17, 15) is 14.9 Å². The van der Waals surface area contributed by atoms with Gasteiger partial charge in [0, 0.05) is 28.9 Å². The molecule has 0 saturated carbocycles. The summed E-state index contributed by atoms with van der Waals surface area (Å²) in [5.41, 5.74) is 2.51. The molecular formula is C23H22N2O5. The Balaban J connectivity index is 1.78. The maximum Gasteiger partial charge on any atom is 0.271 e. The number of nitro groups is 1. The highest BCUT2D eigenvalue weighted by atomic mass is 16.6. The number of hydrogen-bond donors (Lipinski definition) is 1. The number of carbonyl (C=O) groups is 1. The van der Waals surface area contributed by atoms with E-state index < -0.39 is 4.92 Å². The van der Waals surface area contributed by atoms with Crippen molar-refractivity contribution in [3.05, 3.63) is 93.5 Å². The second-order valence-electron chi connectivity index (χ2n) is 6.62. The van der Waals surface area contributed by atoms with E-state index in [2.05, 4.69) is 5.32 Å². The lowest BCUT2D eigenvalue weighted by atomic mass is 10.1. The first kappa shape index (κ1) is 20.9. The van der Waals surface area contributed by atoms with Crippen molar-refractivity contribution in [3.8, 4) is 11.5 Å². The molecule has 0 aliphatic heterocycles. The molecule has 154 valence electrons. The van der Waals surface area contributed by atoms with Crippen molar-refractivity contribution < 1.29 is 19.2 Å². The molecule has 0 saturated heterocycles. The lowest BCUT2D eigenvalue weighted by molar-refractivity contribution is -0.384. The van der Waals surface area contributed by atoms with Crippen LogP contribution in [-0.4, -0.2) is 17.4 Å². The van der Waals surface area contributed by atoms with Crippen LogP contribution in [0.4, 0.5) is 11.4 Å². The molecule has 7 heteroatoms. The zero-order valence-corrected chi connectivity index (χ0v) is 16.8. The Morgan fingerprint density at radius 2 is 1.80 bits per heavy atom. The summed E-state index contributed by atoms with van der Waals surface area (Å²) in [6.07, 6.45) is 0. The van der Waals surface area contributed by atoms with Crippen LogP contribution in [0, 0.1) is 17.0 Å². The van der Waals surface area contributed by atoms with Crippen LogP contribution in [0.1, 0.15) is 28.4 Å². The van der Waals surface area contributed by atoms with Gasteiger partial charge in [-0.25, -0.2) is 0 Å². The molecule has 3 aromatic carbocycles. The van der Waals surface area contributed by atoms with Crippen LogP contribution < -0.4 is 14.8 Å². The van der Waals surface area contributed by atoms with E-state index in [4.69, 9.17) is 9.47 Å². The first-order chi connectivity index (χ1) is 14.5. The first-order valence-corrected chi connectivity index (χ1v) is 9.47. The molecule has 7 nitrogen and oxygen atoms in total. The van der Waals surface area contributed by atoms with Crippen molar-refractivity contribution in [2.75, 3.05) is 11.9 Å². The minimum absolute atomic E-state index is 0.0910. The number of amides is 1. The number of nitro benzene ring substituents is 1. The first-order valence-electron chi connectivity index (χ1n) is 9.47. The van der Waals surface area contributed by atoms with E-state index in [1.807, 2.05) is 38.1 Å². The Labute approximate surface area is 174 Å². The highest BCUT2D eigenvalue weighted by Gasteiger charge is 2.13. The van der Waals surface area contributed by atoms with Gasteiger partial charge in [0.25, 0.3) is 11.6 Å². The van der Waals surface area contributed by atoms with Crippen LogP contribution in [0.25, 0.3) is 0 Å².